The van der Waals surface area contributed by atoms with Gasteiger partial charge < -0.3 is 5.73 Å². The van der Waals surface area contributed by atoms with Gasteiger partial charge >= 0.3 is 0 Å². The predicted molar refractivity (Wildman–Crippen MR) is 82.3 cm³/mol. The van der Waals surface area contributed by atoms with Gasteiger partial charge in [-0.25, -0.2) is 0 Å². The first-order chi connectivity index (χ1) is 8.93. The Hall–Kier alpha value is -0.120. The lowest BCUT2D eigenvalue weighted by Crippen LogP contribution is -2.54. The van der Waals surface area contributed by atoms with E-state index >= 15 is 0 Å². The Morgan fingerprint density at radius 2 is 1.79 bits per heavy atom. The molecule has 2 aliphatic rings. The van der Waals surface area contributed by atoms with E-state index in [1.165, 1.54) is 45.4 Å². The summed E-state index contributed by atoms with van der Waals surface area (Å²) in [6.07, 6.45) is 5.21. The van der Waals surface area contributed by atoms with Gasteiger partial charge in [0.25, 0.3) is 0 Å². The van der Waals surface area contributed by atoms with E-state index in [1.807, 2.05) is 0 Å². The normalized spacial score (nSPS) is 29.8. The molecule has 2 fully saturated rings. The summed E-state index contributed by atoms with van der Waals surface area (Å²) >= 11 is 0. The van der Waals surface area contributed by atoms with E-state index in [4.69, 9.17) is 5.73 Å². The second-order valence-electron chi connectivity index (χ2n) is 7.56. The molecule has 0 radical (unpaired) electrons. The van der Waals surface area contributed by atoms with Crippen molar-refractivity contribution in [3.63, 3.8) is 0 Å². The zero-order valence-corrected chi connectivity index (χ0v) is 13.4. The molecule has 3 heteroatoms. The Bertz CT molecular complexity index is 278. The van der Waals surface area contributed by atoms with Gasteiger partial charge in [-0.15, -0.1) is 0 Å². The van der Waals surface area contributed by atoms with E-state index in [0.29, 0.717) is 12.1 Å². The minimum Gasteiger partial charge on any atom is -0.326 e. The number of nitrogens with two attached hydrogens (primary N) is 1. The van der Waals surface area contributed by atoms with Crippen molar-refractivity contribution < 1.29 is 0 Å². The van der Waals surface area contributed by atoms with Crippen molar-refractivity contribution in [2.45, 2.75) is 71.5 Å². The van der Waals surface area contributed by atoms with Crippen molar-refractivity contribution in [1.29, 1.82) is 0 Å². The van der Waals surface area contributed by atoms with Crippen LogP contribution >= 0.6 is 0 Å². The molecule has 2 heterocycles. The van der Waals surface area contributed by atoms with E-state index in [-0.39, 0.29) is 5.41 Å². The first-order valence-electron chi connectivity index (χ1n) is 8.17. The molecule has 0 aromatic rings. The molecule has 19 heavy (non-hydrogen) atoms. The maximum Gasteiger partial charge on any atom is 0.0296 e. The molecule has 0 aliphatic carbocycles. The van der Waals surface area contributed by atoms with E-state index < -0.39 is 0 Å². The highest BCUT2D eigenvalue weighted by Gasteiger charge is 2.39. The van der Waals surface area contributed by atoms with Crippen LogP contribution in [0.4, 0.5) is 0 Å². The van der Waals surface area contributed by atoms with Crippen LogP contribution in [-0.4, -0.2) is 54.1 Å². The lowest BCUT2D eigenvalue weighted by atomic mass is 9.80. The minimum absolute atomic E-state index is 0.273. The summed E-state index contributed by atoms with van der Waals surface area (Å²) < 4.78 is 0. The molecule has 112 valence electrons. The third-order valence-electron chi connectivity index (χ3n) is 5.01. The summed E-state index contributed by atoms with van der Waals surface area (Å²) in [6.45, 7) is 14.4. The van der Waals surface area contributed by atoms with Gasteiger partial charge in [0.1, 0.15) is 0 Å². The number of hydrogen-bond donors (Lipinski definition) is 1. The first-order valence-corrected chi connectivity index (χ1v) is 8.17. The molecule has 0 aromatic carbocycles. The largest absolute Gasteiger partial charge is 0.326 e. The van der Waals surface area contributed by atoms with Crippen molar-refractivity contribution in [1.82, 2.24) is 9.80 Å². The summed E-state index contributed by atoms with van der Waals surface area (Å²) in [5.41, 5.74) is 6.70. The highest BCUT2D eigenvalue weighted by molar-refractivity contribution is 4.96. The lowest BCUT2D eigenvalue weighted by Gasteiger charge is -2.42. The van der Waals surface area contributed by atoms with Crippen molar-refractivity contribution >= 4 is 0 Å². The first kappa shape index (κ1) is 15.3. The quantitative estimate of drug-likeness (QED) is 0.848. The highest BCUT2D eigenvalue weighted by atomic mass is 15.3. The van der Waals surface area contributed by atoms with Gasteiger partial charge in [-0.05, 0) is 44.2 Å². The molecule has 0 aromatic heterocycles. The average Bonchev–Trinajstić information content (AvgIpc) is 2.96. The molecule has 0 spiro atoms. The zero-order chi connectivity index (χ0) is 14.0. The smallest absolute Gasteiger partial charge is 0.0296 e. The van der Waals surface area contributed by atoms with Crippen molar-refractivity contribution in [3.05, 3.63) is 0 Å². The third kappa shape index (κ3) is 3.50. The number of rotatable bonds is 4. The SMILES string of the molecule is CCC(N)C(N1CCC(N2CCCC2)C1)C(C)(C)C. The molecule has 0 amide bonds. The number of nitrogens with zero attached hydrogens (tertiary/aromatic N) is 2. The van der Waals surface area contributed by atoms with Crippen LogP contribution in [0.3, 0.4) is 0 Å². The van der Waals surface area contributed by atoms with Crippen LogP contribution in [0.15, 0.2) is 0 Å². The number of likely N-dealkylation sites (tertiary alicyclic amines) is 2. The maximum atomic E-state index is 6.43. The zero-order valence-electron chi connectivity index (χ0n) is 13.4. The molecule has 2 saturated heterocycles. The van der Waals surface area contributed by atoms with Gasteiger partial charge in [0.15, 0.2) is 0 Å². The second kappa shape index (κ2) is 6.11. The Morgan fingerprint density at radius 1 is 1.16 bits per heavy atom. The van der Waals surface area contributed by atoms with Crippen LogP contribution in [0, 0.1) is 5.41 Å². The van der Waals surface area contributed by atoms with Crippen LogP contribution in [0.1, 0.15) is 53.4 Å². The van der Waals surface area contributed by atoms with Gasteiger partial charge in [-0.3, -0.25) is 9.80 Å². The second-order valence-corrected chi connectivity index (χ2v) is 7.56. The fourth-order valence-electron chi connectivity index (χ4n) is 4.11. The molecule has 2 aliphatic heterocycles. The molecular formula is C16H33N3. The van der Waals surface area contributed by atoms with E-state index in [0.717, 1.165) is 12.5 Å². The van der Waals surface area contributed by atoms with Gasteiger partial charge in [0, 0.05) is 31.2 Å². The molecule has 3 atom stereocenters. The summed E-state index contributed by atoms with van der Waals surface area (Å²) in [5, 5.41) is 0. The summed E-state index contributed by atoms with van der Waals surface area (Å²) in [4.78, 5) is 5.38. The molecule has 0 bridgehead atoms. The van der Waals surface area contributed by atoms with Gasteiger partial charge in [-0.1, -0.05) is 27.7 Å². The van der Waals surface area contributed by atoms with Crippen LogP contribution in [0.25, 0.3) is 0 Å². The van der Waals surface area contributed by atoms with Gasteiger partial charge in [0.05, 0.1) is 0 Å². The van der Waals surface area contributed by atoms with Crippen LogP contribution < -0.4 is 5.73 Å². The van der Waals surface area contributed by atoms with Crippen molar-refractivity contribution in [3.8, 4) is 0 Å². The average molecular weight is 267 g/mol. The van der Waals surface area contributed by atoms with Gasteiger partial charge in [0.2, 0.25) is 0 Å². The van der Waals surface area contributed by atoms with E-state index in [9.17, 15) is 0 Å². The molecule has 2 N–H and O–H groups in total. The van der Waals surface area contributed by atoms with E-state index in [1.54, 1.807) is 0 Å². The van der Waals surface area contributed by atoms with Crippen LogP contribution in [0.2, 0.25) is 0 Å². The molecule has 0 saturated carbocycles. The van der Waals surface area contributed by atoms with E-state index in [2.05, 4.69) is 37.5 Å². The Morgan fingerprint density at radius 3 is 2.32 bits per heavy atom. The molecule has 3 nitrogen and oxygen atoms in total. The van der Waals surface area contributed by atoms with Crippen molar-refractivity contribution in [2.24, 2.45) is 11.1 Å². The monoisotopic (exact) mass is 267 g/mol. The molecule has 2 rings (SSSR count). The van der Waals surface area contributed by atoms with Gasteiger partial charge in [-0.2, -0.15) is 0 Å². The van der Waals surface area contributed by atoms with Crippen LogP contribution in [-0.2, 0) is 0 Å². The Kier molecular flexibility index (Phi) is 4.91. The maximum absolute atomic E-state index is 6.43. The summed E-state index contributed by atoms with van der Waals surface area (Å²) in [6, 6.07) is 1.61. The standard InChI is InChI=1S/C16H33N3/c1-5-14(17)15(16(2,3)4)19-11-8-13(12-19)18-9-6-7-10-18/h13-15H,5-12,17H2,1-4H3. The third-order valence-corrected chi connectivity index (χ3v) is 5.01. The Labute approximate surface area is 119 Å². The number of hydrogen-bond acceptors (Lipinski definition) is 3. The highest BCUT2D eigenvalue weighted by Crippen LogP contribution is 2.31. The van der Waals surface area contributed by atoms with Crippen LogP contribution in [0.5, 0.6) is 0 Å². The minimum atomic E-state index is 0.273. The van der Waals surface area contributed by atoms with Crippen molar-refractivity contribution in [2.75, 3.05) is 26.2 Å². The lowest BCUT2D eigenvalue weighted by molar-refractivity contribution is 0.0899. The predicted octanol–water partition coefficient (Wildman–Crippen LogP) is 2.31. The summed E-state index contributed by atoms with van der Waals surface area (Å²) in [5.74, 6) is 0. The summed E-state index contributed by atoms with van der Waals surface area (Å²) in [7, 11) is 0. The Balaban J connectivity index is 1.99. The molecular weight excluding hydrogens is 234 g/mol. The fourth-order valence-corrected chi connectivity index (χ4v) is 4.11. The molecule has 3 unspecified atom stereocenters. The fraction of sp³-hybridized carbons (Fsp3) is 1.00. The topological polar surface area (TPSA) is 32.5 Å².